The standard InChI is InChI=1S/C35H52O7/c1-4-28(2)25-42-33(38)31-17-15-29(16-18-31)30-19-21-32(22-20-30)40-23-13-11-9-7-5-6-8-10-12-14-24-41-34(39)35(3,26-36)27-37/h15-22,28,36-37H,4-14,23-27H2,1-3H3. The number of rotatable bonds is 22. The zero-order chi connectivity index (χ0) is 30.6. The van der Waals surface area contributed by atoms with Crippen LogP contribution in [0.2, 0.25) is 0 Å². The van der Waals surface area contributed by atoms with Gasteiger partial charge in [0.2, 0.25) is 0 Å². The summed E-state index contributed by atoms with van der Waals surface area (Å²) in [5.74, 6) is 0.427. The lowest BCUT2D eigenvalue weighted by molar-refractivity contribution is -0.160. The normalized spacial score (nSPS) is 12.1. The molecule has 0 saturated carbocycles. The predicted molar refractivity (Wildman–Crippen MR) is 167 cm³/mol. The molecule has 234 valence electrons. The fourth-order valence-electron chi connectivity index (χ4n) is 4.29. The summed E-state index contributed by atoms with van der Waals surface area (Å²) in [6, 6.07) is 15.6. The van der Waals surface area contributed by atoms with E-state index in [2.05, 4.69) is 13.8 Å². The van der Waals surface area contributed by atoms with E-state index in [4.69, 9.17) is 14.2 Å². The van der Waals surface area contributed by atoms with Gasteiger partial charge in [-0.15, -0.1) is 0 Å². The molecule has 0 fully saturated rings. The number of aliphatic hydroxyl groups is 2. The van der Waals surface area contributed by atoms with Crippen LogP contribution in [-0.4, -0.2) is 55.2 Å². The number of carbonyl (C=O) groups excluding carboxylic acids is 2. The van der Waals surface area contributed by atoms with E-state index in [9.17, 15) is 19.8 Å². The topological polar surface area (TPSA) is 102 Å². The van der Waals surface area contributed by atoms with Gasteiger partial charge in [0.25, 0.3) is 0 Å². The summed E-state index contributed by atoms with van der Waals surface area (Å²) in [5, 5.41) is 18.4. The molecule has 2 aromatic rings. The van der Waals surface area contributed by atoms with Crippen LogP contribution in [0.4, 0.5) is 0 Å². The maximum Gasteiger partial charge on any atom is 0.338 e. The minimum atomic E-state index is -1.21. The molecule has 2 aromatic carbocycles. The molecule has 0 aromatic heterocycles. The van der Waals surface area contributed by atoms with Gasteiger partial charge in [-0.05, 0) is 61.1 Å². The van der Waals surface area contributed by atoms with Crippen molar-refractivity contribution >= 4 is 11.9 Å². The molecular weight excluding hydrogens is 532 g/mol. The highest BCUT2D eigenvalue weighted by atomic mass is 16.5. The van der Waals surface area contributed by atoms with Gasteiger partial charge in [-0.25, -0.2) is 4.79 Å². The first-order chi connectivity index (χ1) is 20.3. The van der Waals surface area contributed by atoms with E-state index in [1.807, 2.05) is 48.5 Å². The monoisotopic (exact) mass is 584 g/mol. The van der Waals surface area contributed by atoms with Crippen molar-refractivity contribution in [3.63, 3.8) is 0 Å². The first-order valence-electron chi connectivity index (χ1n) is 15.7. The summed E-state index contributed by atoms with van der Waals surface area (Å²) in [4.78, 5) is 24.1. The number of aliphatic hydroxyl groups excluding tert-OH is 2. The molecule has 0 spiro atoms. The van der Waals surface area contributed by atoms with Crippen LogP contribution in [0.1, 0.15) is 102 Å². The van der Waals surface area contributed by atoms with Gasteiger partial charge in [-0.3, -0.25) is 4.79 Å². The van der Waals surface area contributed by atoms with Gasteiger partial charge in [-0.2, -0.15) is 0 Å². The Morgan fingerprint density at radius 2 is 1.19 bits per heavy atom. The van der Waals surface area contributed by atoms with Gasteiger partial charge >= 0.3 is 11.9 Å². The fourth-order valence-corrected chi connectivity index (χ4v) is 4.29. The quantitative estimate of drug-likeness (QED) is 0.110. The summed E-state index contributed by atoms with van der Waals surface area (Å²) in [7, 11) is 0. The molecule has 0 aliphatic rings. The van der Waals surface area contributed by atoms with Crippen LogP contribution in [0.3, 0.4) is 0 Å². The SMILES string of the molecule is CCC(C)COC(=O)c1ccc(-c2ccc(OCCCCCCCCCCCCOC(=O)C(C)(CO)CO)cc2)cc1. The molecule has 0 bridgehead atoms. The van der Waals surface area contributed by atoms with Crippen molar-refractivity contribution in [3.05, 3.63) is 54.1 Å². The zero-order valence-electron chi connectivity index (χ0n) is 25.9. The Balaban J connectivity index is 1.49. The highest BCUT2D eigenvalue weighted by Crippen LogP contribution is 2.24. The van der Waals surface area contributed by atoms with Gasteiger partial charge in [0.1, 0.15) is 11.2 Å². The highest BCUT2D eigenvalue weighted by Gasteiger charge is 2.33. The second kappa shape index (κ2) is 20.1. The van der Waals surface area contributed by atoms with Crippen LogP contribution in [0.25, 0.3) is 11.1 Å². The van der Waals surface area contributed by atoms with E-state index in [1.54, 1.807) is 0 Å². The van der Waals surface area contributed by atoms with Crippen LogP contribution in [0.5, 0.6) is 5.75 Å². The average Bonchev–Trinajstić information content (AvgIpc) is 3.03. The van der Waals surface area contributed by atoms with E-state index in [-0.39, 0.29) is 5.97 Å². The minimum Gasteiger partial charge on any atom is -0.494 e. The Kier molecular flexibility index (Phi) is 16.9. The predicted octanol–water partition coefficient (Wildman–Crippen LogP) is 7.37. The summed E-state index contributed by atoms with van der Waals surface area (Å²) >= 11 is 0. The second-order valence-electron chi connectivity index (χ2n) is 11.6. The minimum absolute atomic E-state index is 0.274. The second-order valence-corrected chi connectivity index (χ2v) is 11.6. The van der Waals surface area contributed by atoms with Crippen molar-refractivity contribution in [3.8, 4) is 16.9 Å². The molecule has 0 aliphatic carbocycles. The Labute approximate surface area is 252 Å². The molecule has 7 heteroatoms. The first-order valence-corrected chi connectivity index (χ1v) is 15.7. The molecule has 2 rings (SSSR count). The molecule has 0 radical (unpaired) electrons. The number of esters is 2. The Morgan fingerprint density at radius 1 is 0.714 bits per heavy atom. The van der Waals surface area contributed by atoms with Crippen molar-refractivity contribution in [2.45, 2.75) is 91.4 Å². The van der Waals surface area contributed by atoms with Crippen LogP contribution in [0.15, 0.2) is 48.5 Å². The van der Waals surface area contributed by atoms with Gasteiger partial charge < -0.3 is 24.4 Å². The Morgan fingerprint density at radius 3 is 1.69 bits per heavy atom. The van der Waals surface area contributed by atoms with E-state index in [0.717, 1.165) is 55.4 Å². The number of hydrogen-bond donors (Lipinski definition) is 2. The van der Waals surface area contributed by atoms with Crippen molar-refractivity contribution in [1.29, 1.82) is 0 Å². The summed E-state index contributed by atoms with van der Waals surface area (Å²) < 4.78 is 16.5. The highest BCUT2D eigenvalue weighted by molar-refractivity contribution is 5.90. The number of carbonyl (C=O) groups is 2. The third-order valence-corrected chi connectivity index (χ3v) is 7.74. The number of ether oxygens (including phenoxy) is 3. The molecule has 2 N–H and O–H groups in total. The molecule has 0 aliphatic heterocycles. The van der Waals surface area contributed by atoms with Crippen LogP contribution in [-0.2, 0) is 14.3 Å². The maximum absolute atomic E-state index is 12.2. The third-order valence-electron chi connectivity index (χ3n) is 7.74. The van der Waals surface area contributed by atoms with E-state index in [0.29, 0.717) is 31.3 Å². The third kappa shape index (κ3) is 13.0. The summed E-state index contributed by atoms with van der Waals surface area (Å²) in [5.41, 5.74) is 1.49. The molecule has 7 nitrogen and oxygen atoms in total. The van der Waals surface area contributed by atoms with Crippen molar-refractivity contribution in [2.24, 2.45) is 11.3 Å². The molecule has 1 atom stereocenters. The van der Waals surface area contributed by atoms with Crippen LogP contribution < -0.4 is 4.74 Å². The Hall–Kier alpha value is -2.90. The van der Waals surface area contributed by atoms with Crippen molar-refractivity contribution in [1.82, 2.24) is 0 Å². The lowest BCUT2D eigenvalue weighted by Gasteiger charge is -2.22. The lowest BCUT2D eigenvalue weighted by Crippen LogP contribution is -2.37. The van der Waals surface area contributed by atoms with Gasteiger partial charge in [0.15, 0.2) is 0 Å². The van der Waals surface area contributed by atoms with Crippen molar-refractivity contribution in [2.75, 3.05) is 33.0 Å². The molecule has 1 unspecified atom stereocenters. The maximum atomic E-state index is 12.2. The molecular formula is C35H52O7. The van der Waals surface area contributed by atoms with Gasteiger partial charge in [-0.1, -0.05) is 95.9 Å². The summed E-state index contributed by atoms with van der Waals surface area (Å²) in [6.45, 7) is 6.33. The van der Waals surface area contributed by atoms with Gasteiger partial charge in [0.05, 0.1) is 38.6 Å². The first kappa shape index (κ1) is 35.3. The van der Waals surface area contributed by atoms with Crippen LogP contribution >= 0.6 is 0 Å². The van der Waals surface area contributed by atoms with Crippen LogP contribution in [0, 0.1) is 11.3 Å². The van der Waals surface area contributed by atoms with E-state index >= 15 is 0 Å². The average molecular weight is 585 g/mol. The van der Waals surface area contributed by atoms with Gasteiger partial charge in [0, 0.05) is 0 Å². The molecule has 42 heavy (non-hydrogen) atoms. The smallest absolute Gasteiger partial charge is 0.338 e. The van der Waals surface area contributed by atoms with E-state index < -0.39 is 24.6 Å². The van der Waals surface area contributed by atoms with Crippen molar-refractivity contribution < 1.29 is 34.0 Å². The molecule has 0 heterocycles. The zero-order valence-corrected chi connectivity index (χ0v) is 25.9. The number of unbranched alkanes of at least 4 members (excludes halogenated alkanes) is 9. The fraction of sp³-hybridized carbons (Fsp3) is 0.600. The summed E-state index contributed by atoms with van der Waals surface area (Å²) in [6.07, 6.45) is 12.2. The van der Waals surface area contributed by atoms with E-state index in [1.165, 1.54) is 39.0 Å². The number of hydrogen-bond acceptors (Lipinski definition) is 7. The molecule has 0 saturated heterocycles. The lowest BCUT2D eigenvalue weighted by atomic mass is 9.93. The molecule has 0 amide bonds. The Bertz CT molecular complexity index is 1010. The number of benzene rings is 2. The largest absolute Gasteiger partial charge is 0.494 e.